The second-order valence-electron chi connectivity index (χ2n) is 4.38. The van der Waals surface area contributed by atoms with Crippen LogP contribution in [0.5, 0.6) is 0 Å². The summed E-state index contributed by atoms with van der Waals surface area (Å²) >= 11 is 0. The summed E-state index contributed by atoms with van der Waals surface area (Å²) in [6, 6.07) is 3.33. The molecule has 1 aromatic rings. The maximum atomic E-state index is 13.6. The lowest BCUT2D eigenvalue weighted by molar-refractivity contribution is -0.137. The van der Waals surface area contributed by atoms with Crippen molar-refractivity contribution in [2.45, 2.75) is 32.4 Å². The van der Waals surface area contributed by atoms with Gasteiger partial charge in [0.15, 0.2) is 0 Å². The summed E-state index contributed by atoms with van der Waals surface area (Å²) in [7, 11) is 0. The third kappa shape index (κ3) is 3.68. The van der Waals surface area contributed by atoms with Crippen molar-refractivity contribution < 1.29 is 22.0 Å². The Hall–Kier alpha value is -1.13. The Labute approximate surface area is 96.4 Å². The van der Waals surface area contributed by atoms with Gasteiger partial charge in [-0.1, -0.05) is 26.0 Å². The first-order chi connectivity index (χ1) is 7.63. The zero-order valence-corrected chi connectivity index (χ0v) is 9.48. The normalized spacial score (nSPS) is 13.2. The Morgan fingerprint density at radius 2 is 1.53 bits per heavy atom. The maximum Gasteiger partial charge on any atom is 0.416 e. The van der Waals surface area contributed by atoms with E-state index in [1.54, 1.807) is 13.8 Å². The van der Waals surface area contributed by atoms with E-state index in [4.69, 9.17) is 0 Å². The summed E-state index contributed by atoms with van der Waals surface area (Å²) in [6.07, 6.45) is -5.06. The molecule has 0 N–H and O–H groups in total. The van der Waals surface area contributed by atoms with Crippen molar-refractivity contribution in [3.05, 3.63) is 35.4 Å². The first kappa shape index (κ1) is 13.9. The summed E-state index contributed by atoms with van der Waals surface area (Å²) in [4.78, 5) is 0. The van der Waals surface area contributed by atoms with Gasteiger partial charge < -0.3 is 0 Å². The summed E-state index contributed by atoms with van der Waals surface area (Å²) in [5.74, 6) is -3.52. The summed E-state index contributed by atoms with van der Waals surface area (Å²) in [5, 5.41) is 0. The number of rotatable bonds is 3. The first-order valence-electron chi connectivity index (χ1n) is 5.18. The molecule has 0 amide bonds. The van der Waals surface area contributed by atoms with Crippen molar-refractivity contribution in [3.63, 3.8) is 0 Å². The van der Waals surface area contributed by atoms with Crippen LogP contribution in [0.1, 0.15) is 31.4 Å². The molecule has 0 fully saturated rings. The van der Waals surface area contributed by atoms with Gasteiger partial charge in [0.05, 0.1) is 5.56 Å². The molecule has 5 heteroatoms. The second-order valence-corrected chi connectivity index (χ2v) is 4.38. The molecule has 0 nitrogen and oxygen atoms in total. The van der Waals surface area contributed by atoms with E-state index < -0.39 is 29.6 Å². The monoisotopic (exact) mass is 252 g/mol. The lowest BCUT2D eigenvalue weighted by Gasteiger charge is -2.20. The van der Waals surface area contributed by atoms with Crippen LogP contribution >= 0.6 is 0 Å². The van der Waals surface area contributed by atoms with Gasteiger partial charge in [-0.25, -0.2) is 8.78 Å². The van der Waals surface area contributed by atoms with Crippen molar-refractivity contribution in [2.75, 3.05) is 0 Å². The highest BCUT2D eigenvalue weighted by Gasteiger charge is 2.36. The number of halogens is 5. The molecule has 0 radical (unpaired) electrons. The molecule has 0 unspecified atom stereocenters. The highest BCUT2D eigenvalue weighted by atomic mass is 19.4. The smallest absolute Gasteiger partial charge is 0.201 e. The highest BCUT2D eigenvalue weighted by molar-refractivity contribution is 5.28. The first-order valence-corrected chi connectivity index (χ1v) is 5.18. The fourth-order valence-corrected chi connectivity index (χ4v) is 1.55. The van der Waals surface area contributed by atoms with Crippen molar-refractivity contribution in [1.82, 2.24) is 0 Å². The van der Waals surface area contributed by atoms with Crippen LogP contribution in [0.25, 0.3) is 0 Å². The van der Waals surface area contributed by atoms with E-state index >= 15 is 0 Å². The van der Waals surface area contributed by atoms with Crippen LogP contribution in [0.3, 0.4) is 0 Å². The molecule has 0 bridgehead atoms. The van der Waals surface area contributed by atoms with Gasteiger partial charge in [0.25, 0.3) is 5.92 Å². The van der Waals surface area contributed by atoms with Gasteiger partial charge in [0.1, 0.15) is 0 Å². The highest BCUT2D eigenvalue weighted by Crippen LogP contribution is 2.37. The van der Waals surface area contributed by atoms with E-state index in [0.29, 0.717) is 6.07 Å². The Balaban J connectivity index is 3.07. The summed E-state index contributed by atoms with van der Waals surface area (Å²) in [5.41, 5.74) is -1.63. The molecule has 0 heterocycles. The fraction of sp³-hybridized carbons (Fsp3) is 0.500. The van der Waals surface area contributed by atoms with E-state index in [0.717, 1.165) is 18.2 Å². The molecule has 0 saturated carbocycles. The van der Waals surface area contributed by atoms with Crippen molar-refractivity contribution in [1.29, 1.82) is 0 Å². The minimum atomic E-state index is -4.59. The molecule has 0 aromatic heterocycles. The molecule has 0 spiro atoms. The van der Waals surface area contributed by atoms with Gasteiger partial charge in [-0.15, -0.1) is 0 Å². The molecule has 96 valence electrons. The Morgan fingerprint density at radius 3 is 2.00 bits per heavy atom. The van der Waals surface area contributed by atoms with E-state index in [2.05, 4.69) is 0 Å². The second kappa shape index (κ2) is 4.63. The maximum absolute atomic E-state index is 13.6. The zero-order valence-electron chi connectivity index (χ0n) is 9.48. The van der Waals surface area contributed by atoms with Gasteiger partial charge in [0, 0.05) is 12.0 Å². The minimum absolute atomic E-state index is 0.292. The Bertz CT molecular complexity index is 379. The molecule has 17 heavy (non-hydrogen) atoms. The van der Waals surface area contributed by atoms with E-state index in [1.165, 1.54) is 0 Å². The van der Waals surface area contributed by atoms with Crippen LogP contribution in [0.2, 0.25) is 0 Å². The van der Waals surface area contributed by atoms with Crippen LogP contribution in [0.15, 0.2) is 24.3 Å². The molecule has 0 saturated heterocycles. The number of benzene rings is 1. The number of hydrogen-bond donors (Lipinski definition) is 0. The molecule has 0 aliphatic rings. The summed E-state index contributed by atoms with van der Waals surface area (Å²) < 4.78 is 64.3. The predicted molar refractivity (Wildman–Crippen MR) is 54.8 cm³/mol. The third-order valence-electron chi connectivity index (χ3n) is 2.28. The SMILES string of the molecule is CC(C)CC(F)(F)c1cccc(C(F)(F)F)c1. The Kier molecular flexibility index (Phi) is 3.79. The topological polar surface area (TPSA) is 0 Å². The standard InChI is InChI=1S/C12H13F5/c1-8(2)7-11(13,14)9-4-3-5-10(6-9)12(15,16)17/h3-6,8H,7H2,1-2H3. The molecule has 0 aliphatic carbocycles. The van der Waals surface area contributed by atoms with E-state index in [-0.39, 0.29) is 5.92 Å². The zero-order chi connectivity index (χ0) is 13.3. The quantitative estimate of drug-likeness (QED) is 0.675. The van der Waals surface area contributed by atoms with Gasteiger partial charge in [-0.3, -0.25) is 0 Å². The van der Waals surface area contributed by atoms with Crippen LogP contribution in [-0.2, 0) is 12.1 Å². The average molecular weight is 252 g/mol. The Morgan fingerprint density at radius 1 is 1.00 bits per heavy atom. The van der Waals surface area contributed by atoms with E-state index in [1.807, 2.05) is 0 Å². The molecule has 1 aromatic carbocycles. The molecule has 0 atom stereocenters. The van der Waals surface area contributed by atoms with Gasteiger partial charge in [-0.05, 0) is 18.1 Å². The fourth-order valence-electron chi connectivity index (χ4n) is 1.55. The number of alkyl halides is 5. The summed E-state index contributed by atoms with van der Waals surface area (Å²) in [6.45, 7) is 3.20. The molecular formula is C12H13F5. The van der Waals surface area contributed by atoms with Crippen LogP contribution in [0, 0.1) is 5.92 Å². The lowest BCUT2D eigenvalue weighted by atomic mass is 9.97. The van der Waals surface area contributed by atoms with Crippen LogP contribution in [-0.4, -0.2) is 0 Å². The lowest BCUT2D eigenvalue weighted by Crippen LogP contribution is -2.17. The van der Waals surface area contributed by atoms with Crippen molar-refractivity contribution in [2.24, 2.45) is 5.92 Å². The van der Waals surface area contributed by atoms with Gasteiger partial charge in [-0.2, -0.15) is 13.2 Å². The van der Waals surface area contributed by atoms with Gasteiger partial charge in [0.2, 0.25) is 0 Å². The largest absolute Gasteiger partial charge is 0.416 e. The van der Waals surface area contributed by atoms with E-state index in [9.17, 15) is 22.0 Å². The van der Waals surface area contributed by atoms with Crippen molar-refractivity contribution in [3.8, 4) is 0 Å². The molecular weight excluding hydrogens is 239 g/mol. The predicted octanol–water partition coefficient (Wildman–Crippen LogP) is 4.84. The van der Waals surface area contributed by atoms with Gasteiger partial charge >= 0.3 is 6.18 Å². The average Bonchev–Trinajstić information content (AvgIpc) is 2.14. The molecule has 1 rings (SSSR count). The minimum Gasteiger partial charge on any atom is -0.201 e. The number of hydrogen-bond acceptors (Lipinski definition) is 0. The third-order valence-corrected chi connectivity index (χ3v) is 2.28. The van der Waals surface area contributed by atoms with Crippen LogP contribution in [0.4, 0.5) is 22.0 Å². The van der Waals surface area contributed by atoms with Crippen molar-refractivity contribution >= 4 is 0 Å². The van der Waals surface area contributed by atoms with Crippen LogP contribution < -0.4 is 0 Å². The molecule has 0 aliphatic heterocycles.